The minimum absolute atomic E-state index is 0.136. The first-order valence-electron chi connectivity index (χ1n) is 10.3. The van der Waals surface area contributed by atoms with Crippen LogP contribution in [0.25, 0.3) is 22.0 Å². The highest BCUT2D eigenvalue weighted by atomic mass is 16.5. The molecule has 31 heavy (non-hydrogen) atoms. The van der Waals surface area contributed by atoms with Crippen molar-refractivity contribution in [3.8, 4) is 11.3 Å². The van der Waals surface area contributed by atoms with Gasteiger partial charge >= 0.3 is 0 Å². The lowest BCUT2D eigenvalue weighted by molar-refractivity contribution is 0.102. The third-order valence-electron chi connectivity index (χ3n) is 5.44. The van der Waals surface area contributed by atoms with Gasteiger partial charge in [0, 0.05) is 29.9 Å². The maximum absolute atomic E-state index is 12.9. The maximum atomic E-state index is 12.9. The Morgan fingerprint density at radius 1 is 0.871 bits per heavy atom. The molecule has 1 aromatic heterocycles. The first-order chi connectivity index (χ1) is 15.3. The minimum Gasteiger partial charge on any atom is -0.378 e. The standard InChI is InChI=1S/C25H22N4O2/c30-25(22-10-4-6-18-5-1-2-9-21(18)22)26-20-8-3-7-19(17-20)23-11-12-24(28-27-23)29-13-15-31-16-14-29/h1-12,17H,13-16H2,(H,26,30). The zero-order valence-corrected chi connectivity index (χ0v) is 17.0. The van der Waals surface area contributed by atoms with Crippen molar-refractivity contribution in [2.45, 2.75) is 0 Å². The third-order valence-corrected chi connectivity index (χ3v) is 5.44. The zero-order valence-electron chi connectivity index (χ0n) is 17.0. The number of fused-ring (bicyclic) bond motifs is 1. The Bertz CT molecular complexity index is 1210. The van der Waals surface area contributed by atoms with E-state index in [0.717, 1.165) is 46.6 Å². The van der Waals surface area contributed by atoms with E-state index in [2.05, 4.69) is 20.4 Å². The topological polar surface area (TPSA) is 67.4 Å². The molecule has 0 aliphatic carbocycles. The molecular weight excluding hydrogens is 388 g/mol. The van der Waals surface area contributed by atoms with Crippen molar-refractivity contribution >= 4 is 28.2 Å². The summed E-state index contributed by atoms with van der Waals surface area (Å²) >= 11 is 0. The van der Waals surface area contributed by atoms with E-state index in [4.69, 9.17) is 4.74 Å². The predicted octanol–water partition coefficient (Wildman–Crippen LogP) is 4.39. The summed E-state index contributed by atoms with van der Waals surface area (Å²) in [6.07, 6.45) is 0. The Kier molecular flexibility index (Phi) is 5.29. The minimum atomic E-state index is -0.136. The fraction of sp³-hybridized carbons (Fsp3) is 0.160. The zero-order chi connectivity index (χ0) is 21.0. The van der Waals surface area contributed by atoms with Crippen LogP contribution in [0.4, 0.5) is 11.5 Å². The quantitative estimate of drug-likeness (QED) is 0.541. The summed E-state index contributed by atoms with van der Waals surface area (Å²) in [5, 5.41) is 13.8. The molecule has 5 rings (SSSR count). The van der Waals surface area contributed by atoms with Gasteiger partial charge in [-0.15, -0.1) is 10.2 Å². The number of carbonyl (C=O) groups is 1. The van der Waals surface area contributed by atoms with Crippen LogP contribution in [0.5, 0.6) is 0 Å². The number of hydrogen-bond acceptors (Lipinski definition) is 5. The number of hydrogen-bond donors (Lipinski definition) is 1. The molecule has 0 saturated carbocycles. The van der Waals surface area contributed by atoms with E-state index in [0.29, 0.717) is 18.8 Å². The molecule has 6 nitrogen and oxygen atoms in total. The highest BCUT2D eigenvalue weighted by Crippen LogP contribution is 2.24. The number of carbonyl (C=O) groups excluding carboxylic acids is 1. The Balaban J connectivity index is 1.36. The van der Waals surface area contributed by atoms with E-state index < -0.39 is 0 Å². The van der Waals surface area contributed by atoms with Crippen LogP contribution >= 0.6 is 0 Å². The highest BCUT2D eigenvalue weighted by Gasteiger charge is 2.14. The number of nitrogens with zero attached hydrogens (tertiary/aromatic N) is 3. The van der Waals surface area contributed by atoms with Gasteiger partial charge < -0.3 is 15.0 Å². The van der Waals surface area contributed by atoms with E-state index in [1.54, 1.807) is 0 Å². The number of benzene rings is 3. The summed E-state index contributed by atoms with van der Waals surface area (Å²) < 4.78 is 5.39. The van der Waals surface area contributed by atoms with Crippen molar-refractivity contribution in [3.05, 3.63) is 84.4 Å². The van der Waals surface area contributed by atoms with Crippen molar-refractivity contribution in [2.75, 3.05) is 36.5 Å². The summed E-state index contributed by atoms with van der Waals surface area (Å²) in [6, 6.07) is 25.2. The molecule has 1 amide bonds. The lowest BCUT2D eigenvalue weighted by Crippen LogP contribution is -2.36. The third kappa shape index (κ3) is 4.11. The molecule has 0 spiro atoms. The molecule has 1 fully saturated rings. The molecule has 1 N–H and O–H groups in total. The molecule has 0 radical (unpaired) electrons. The van der Waals surface area contributed by atoms with Crippen LogP contribution in [0, 0.1) is 0 Å². The summed E-state index contributed by atoms with van der Waals surface area (Å²) in [4.78, 5) is 15.1. The number of amides is 1. The van der Waals surface area contributed by atoms with Crippen LogP contribution in [-0.2, 0) is 4.74 Å². The lowest BCUT2D eigenvalue weighted by atomic mass is 10.0. The average Bonchev–Trinajstić information content (AvgIpc) is 2.84. The van der Waals surface area contributed by atoms with Crippen molar-refractivity contribution in [2.24, 2.45) is 0 Å². The Labute approximate surface area is 180 Å². The van der Waals surface area contributed by atoms with Gasteiger partial charge in [0.1, 0.15) is 0 Å². The fourth-order valence-corrected chi connectivity index (χ4v) is 3.82. The van der Waals surface area contributed by atoms with E-state index >= 15 is 0 Å². The Morgan fingerprint density at radius 3 is 2.52 bits per heavy atom. The number of aromatic nitrogens is 2. The summed E-state index contributed by atoms with van der Waals surface area (Å²) in [5.41, 5.74) is 3.03. The molecule has 4 aromatic rings. The first-order valence-corrected chi connectivity index (χ1v) is 10.3. The molecular formula is C25H22N4O2. The lowest BCUT2D eigenvalue weighted by Gasteiger charge is -2.27. The summed E-state index contributed by atoms with van der Waals surface area (Å²) in [5.74, 6) is 0.718. The normalized spacial score (nSPS) is 13.9. The van der Waals surface area contributed by atoms with E-state index in [9.17, 15) is 4.79 Å². The van der Waals surface area contributed by atoms with Gasteiger partial charge in [0.2, 0.25) is 0 Å². The van der Waals surface area contributed by atoms with Crippen molar-refractivity contribution in [1.29, 1.82) is 0 Å². The van der Waals surface area contributed by atoms with Crippen molar-refractivity contribution in [1.82, 2.24) is 10.2 Å². The molecule has 154 valence electrons. The number of morpholine rings is 1. The van der Waals surface area contributed by atoms with Crippen LogP contribution in [0.15, 0.2) is 78.9 Å². The Morgan fingerprint density at radius 2 is 1.68 bits per heavy atom. The van der Waals surface area contributed by atoms with Crippen LogP contribution in [0.1, 0.15) is 10.4 Å². The molecule has 1 saturated heterocycles. The molecule has 0 unspecified atom stereocenters. The SMILES string of the molecule is O=C(Nc1cccc(-c2ccc(N3CCOCC3)nn2)c1)c1cccc2ccccc12. The second-order valence-corrected chi connectivity index (χ2v) is 7.44. The molecule has 0 atom stereocenters. The van der Waals surface area contributed by atoms with E-state index in [1.165, 1.54) is 0 Å². The van der Waals surface area contributed by atoms with E-state index in [-0.39, 0.29) is 5.91 Å². The monoisotopic (exact) mass is 410 g/mol. The van der Waals surface area contributed by atoms with E-state index in [1.807, 2.05) is 78.9 Å². The van der Waals surface area contributed by atoms with Crippen LogP contribution < -0.4 is 10.2 Å². The van der Waals surface area contributed by atoms with Crippen LogP contribution in [0.2, 0.25) is 0 Å². The first kappa shape index (κ1) is 19.2. The number of nitrogens with one attached hydrogen (secondary N) is 1. The second-order valence-electron chi connectivity index (χ2n) is 7.44. The van der Waals surface area contributed by atoms with Crippen LogP contribution in [-0.4, -0.2) is 42.4 Å². The van der Waals surface area contributed by atoms with Gasteiger partial charge in [0.05, 0.1) is 18.9 Å². The summed E-state index contributed by atoms with van der Waals surface area (Å²) in [7, 11) is 0. The number of rotatable bonds is 4. The average molecular weight is 410 g/mol. The largest absolute Gasteiger partial charge is 0.378 e. The molecule has 1 aliphatic rings. The Hall–Kier alpha value is -3.77. The molecule has 2 heterocycles. The van der Waals surface area contributed by atoms with Gasteiger partial charge in [-0.1, -0.05) is 48.5 Å². The molecule has 6 heteroatoms. The van der Waals surface area contributed by atoms with Gasteiger partial charge in [0.25, 0.3) is 5.91 Å². The maximum Gasteiger partial charge on any atom is 0.256 e. The molecule has 0 bridgehead atoms. The van der Waals surface area contributed by atoms with Crippen molar-refractivity contribution < 1.29 is 9.53 Å². The highest BCUT2D eigenvalue weighted by molar-refractivity contribution is 6.13. The van der Waals surface area contributed by atoms with Crippen molar-refractivity contribution in [3.63, 3.8) is 0 Å². The second kappa shape index (κ2) is 8.53. The number of ether oxygens (including phenoxy) is 1. The molecule has 1 aliphatic heterocycles. The number of anilines is 2. The fourth-order valence-electron chi connectivity index (χ4n) is 3.82. The van der Waals surface area contributed by atoms with Gasteiger partial charge in [-0.05, 0) is 41.1 Å². The van der Waals surface area contributed by atoms with Crippen LogP contribution in [0.3, 0.4) is 0 Å². The summed E-state index contributed by atoms with van der Waals surface area (Å²) in [6.45, 7) is 3.07. The predicted molar refractivity (Wildman–Crippen MR) is 122 cm³/mol. The van der Waals surface area contributed by atoms with Gasteiger partial charge in [-0.25, -0.2) is 0 Å². The smallest absolute Gasteiger partial charge is 0.256 e. The molecule has 3 aromatic carbocycles. The van der Waals surface area contributed by atoms with Gasteiger partial charge in [-0.2, -0.15) is 0 Å². The van der Waals surface area contributed by atoms with Gasteiger partial charge in [0.15, 0.2) is 5.82 Å². The van der Waals surface area contributed by atoms with Gasteiger partial charge in [-0.3, -0.25) is 4.79 Å².